The summed E-state index contributed by atoms with van der Waals surface area (Å²) in [5, 5.41) is -0.632. The van der Waals surface area contributed by atoms with Gasteiger partial charge in [0.2, 0.25) is 0 Å². The molecule has 1 aliphatic rings. The molecule has 4 nitrogen and oxygen atoms in total. The van der Waals surface area contributed by atoms with Crippen LogP contribution in [-0.4, -0.2) is 37.0 Å². The van der Waals surface area contributed by atoms with Crippen molar-refractivity contribution in [3.8, 4) is 11.3 Å². The lowest BCUT2D eigenvalue weighted by Crippen LogP contribution is -2.49. The molecule has 1 aromatic heterocycles. The Balaban J connectivity index is 1.50. The van der Waals surface area contributed by atoms with Crippen LogP contribution in [0, 0.1) is 23.3 Å². The predicted molar refractivity (Wildman–Crippen MR) is 114 cm³/mol. The predicted octanol–water partition coefficient (Wildman–Crippen LogP) is 6.43. The van der Waals surface area contributed by atoms with Crippen LogP contribution in [-0.2, 0) is 0 Å². The van der Waals surface area contributed by atoms with Crippen molar-refractivity contribution in [1.82, 2.24) is 4.90 Å². The van der Waals surface area contributed by atoms with Gasteiger partial charge in [0.1, 0.15) is 16.5 Å². The summed E-state index contributed by atoms with van der Waals surface area (Å²) in [6.45, 7) is -0.0450. The molecule has 0 aliphatic carbocycles. The zero-order valence-corrected chi connectivity index (χ0v) is 18.3. The number of hydrogen-bond acceptors (Lipinski definition) is 3. The lowest BCUT2D eigenvalue weighted by Gasteiger charge is -2.36. The van der Waals surface area contributed by atoms with Crippen molar-refractivity contribution in [1.29, 1.82) is 0 Å². The van der Waals surface area contributed by atoms with Gasteiger partial charge in [-0.15, -0.1) is 0 Å². The molecule has 168 valence electrons. The molecule has 11 heteroatoms. The molecule has 0 radical (unpaired) electrons. The van der Waals surface area contributed by atoms with Gasteiger partial charge in [-0.2, -0.15) is 0 Å². The van der Waals surface area contributed by atoms with Gasteiger partial charge in [0.05, 0.1) is 10.0 Å². The Labute approximate surface area is 194 Å². The van der Waals surface area contributed by atoms with Gasteiger partial charge in [-0.05, 0) is 24.3 Å². The monoisotopic (exact) mass is 506 g/mol. The fourth-order valence-corrected chi connectivity index (χ4v) is 4.01. The summed E-state index contributed by atoms with van der Waals surface area (Å²) in [5.41, 5.74) is -0.340. The van der Waals surface area contributed by atoms with Crippen LogP contribution in [0.1, 0.15) is 10.6 Å². The SMILES string of the molecule is O=C(c1ccc(-c2cccc(Cl)c2Cl)o1)N1CCN(c2c(F)c(F)c(Cl)c(F)c2F)CC1. The number of anilines is 1. The molecule has 0 unspecified atom stereocenters. The molecule has 1 amide bonds. The molecule has 32 heavy (non-hydrogen) atoms. The van der Waals surface area contributed by atoms with Gasteiger partial charge < -0.3 is 14.2 Å². The number of furan rings is 1. The van der Waals surface area contributed by atoms with Crippen molar-refractivity contribution in [2.45, 2.75) is 0 Å². The van der Waals surface area contributed by atoms with Crippen LogP contribution >= 0.6 is 34.8 Å². The molecule has 1 fully saturated rings. The lowest BCUT2D eigenvalue weighted by atomic mass is 10.2. The van der Waals surface area contributed by atoms with Crippen LogP contribution in [0.5, 0.6) is 0 Å². The molecule has 3 aromatic rings. The van der Waals surface area contributed by atoms with Gasteiger partial charge in [0.25, 0.3) is 5.91 Å². The quantitative estimate of drug-likeness (QED) is 0.233. The smallest absolute Gasteiger partial charge is 0.289 e. The van der Waals surface area contributed by atoms with Crippen molar-refractivity contribution in [3.05, 3.63) is 74.4 Å². The number of benzene rings is 2. The van der Waals surface area contributed by atoms with Gasteiger partial charge in [-0.3, -0.25) is 4.79 Å². The first-order chi connectivity index (χ1) is 15.2. The molecule has 0 saturated carbocycles. The number of carbonyl (C=O) groups is 1. The normalized spacial score (nSPS) is 14.2. The maximum atomic E-state index is 14.2. The van der Waals surface area contributed by atoms with Gasteiger partial charge in [0.15, 0.2) is 29.0 Å². The van der Waals surface area contributed by atoms with Crippen molar-refractivity contribution < 1.29 is 26.8 Å². The molecule has 2 heterocycles. The number of hydrogen-bond donors (Lipinski definition) is 0. The highest BCUT2D eigenvalue weighted by Crippen LogP contribution is 2.36. The third-order valence-corrected chi connectivity index (χ3v) is 6.25. The first-order valence-corrected chi connectivity index (χ1v) is 10.4. The van der Waals surface area contributed by atoms with E-state index in [0.717, 1.165) is 4.90 Å². The van der Waals surface area contributed by atoms with E-state index in [9.17, 15) is 22.4 Å². The summed E-state index contributed by atoms with van der Waals surface area (Å²) in [4.78, 5) is 15.3. The van der Waals surface area contributed by atoms with E-state index in [1.165, 1.54) is 11.0 Å². The van der Waals surface area contributed by atoms with E-state index < -0.39 is 39.9 Å². The third-order valence-electron chi connectivity index (χ3n) is 5.10. The second kappa shape index (κ2) is 8.84. The Kier molecular flexibility index (Phi) is 6.29. The van der Waals surface area contributed by atoms with Crippen LogP contribution in [0.25, 0.3) is 11.3 Å². The second-order valence-electron chi connectivity index (χ2n) is 6.96. The Morgan fingerprint density at radius 2 is 1.44 bits per heavy atom. The second-order valence-corrected chi connectivity index (χ2v) is 8.13. The average molecular weight is 508 g/mol. The maximum Gasteiger partial charge on any atom is 0.289 e. The fourth-order valence-electron chi connectivity index (χ4n) is 3.45. The van der Waals surface area contributed by atoms with Gasteiger partial charge in [0, 0.05) is 31.7 Å². The lowest BCUT2D eigenvalue weighted by molar-refractivity contribution is 0.0715. The minimum absolute atomic E-state index is 0.0328. The molecule has 1 aliphatic heterocycles. The van der Waals surface area contributed by atoms with E-state index in [0.29, 0.717) is 16.3 Å². The van der Waals surface area contributed by atoms with Crippen LogP contribution in [0.15, 0.2) is 34.7 Å². The highest BCUT2D eigenvalue weighted by molar-refractivity contribution is 6.43. The first kappa shape index (κ1) is 22.8. The summed E-state index contributed by atoms with van der Waals surface area (Å²) in [6.07, 6.45) is 0. The highest BCUT2D eigenvalue weighted by atomic mass is 35.5. The van der Waals surface area contributed by atoms with Crippen molar-refractivity contribution in [2.75, 3.05) is 31.1 Å². The number of halogens is 7. The summed E-state index contributed by atoms with van der Waals surface area (Å²) >= 11 is 17.5. The Bertz CT molecular complexity index is 1180. The van der Waals surface area contributed by atoms with E-state index in [-0.39, 0.29) is 37.0 Å². The van der Waals surface area contributed by atoms with Gasteiger partial charge >= 0.3 is 0 Å². The summed E-state index contributed by atoms with van der Waals surface area (Å²) < 4.78 is 61.6. The van der Waals surface area contributed by atoms with Gasteiger partial charge in [-0.1, -0.05) is 40.9 Å². The topological polar surface area (TPSA) is 36.7 Å². The summed E-state index contributed by atoms with van der Waals surface area (Å²) in [7, 11) is 0. The number of carbonyl (C=O) groups excluding carboxylic acids is 1. The number of piperazine rings is 1. The van der Waals surface area contributed by atoms with Crippen LogP contribution in [0.2, 0.25) is 15.1 Å². The Morgan fingerprint density at radius 3 is 2.06 bits per heavy atom. The van der Waals surface area contributed by atoms with Crippen LogP contribution < -0.4 is 4.90 Å². The fraction of sp³-hybridized carbons (Fsp3) is 0.190. The maximum absolute atomic E-state index is 14.2. The Hall–Kier alpha value is -2.42. The van der Waals surface area contributed by atoms with E-state index >= 15 is 0 Å². The molecule has 0 bridgehead atoms. The van der Waals surface area contributed by atoms with E-state index in [1.54, 1.807) is 24.3 Å². The molecular formula is C21H13Cl3F4N2O2. The summed E-state index contributed by atoms with van der Waals surface area (Å²) in [6, 6.07) is 8.04. The standard InChI is InChI=1S/C21H13Cl3F4N2O2/c22-11-3-1-2-10(14(11)23)12-4-5-13(32-12)21(31)30-8-6-29(7-9-30)20-18(27)16(25)15(24)17(26)19(20)28/h1-5H,6-9H2. The zero-order valence-electron chi connectivity index (χ0n) is 16.1. The average Bonchev–Trinajstić information content (AvgIpc) is 3.28. The number of amides is 1. The van der Waals surface area contributed by atoms with Crippen molar-refractivity contribution in [3.63, 3.8) is 0 Å². The van der Waals surface area contributed by atoms with Crippen molar-refractivity contribution >= 4 is 46.4 Å². The molecule has 2 aromatic carbocycles. The zero-order chi connectivity index (χ0) is 23.2. The molecule has 4 rings (SSSR count). The molecule has 0 atom stereocenters. The third kappa shape index (κ3) is 3.91. The largest absolute Gasteiger partial charge is 0.451 e. The molecule has 0 N–H and O–H groups in total. The molecule has 0 spiro atoms. The van der Waals surface area contributed by atoms with Gasteiger partial charge in [-0.25, -0.2) is 17.6 Å². The number of rotatable bonds is 3. The van der Waals surface area contributed by atoms with Crippen molar-refractivity contribution in [2.24, 2.45) is 0 Å². The minimum atomic E-state index is -1.66. The molecular weight excluding hydrogens is 495 g/mol. The first-order valence-electron chi connectivity index (χ1n) is 9.30. The van der Waals surface area contributed by atoms with Crippen LogP contribution in [0.4, 0.5) is 23.2 Å². The number of nitrogens with zero attached hydrogens (tertiary/aromatic N) is 2. The highest BCUT2D eigenvalue weighted by Gasteiger charge is 2.31. The Morgan fingerprint density at radius 1 is 0.812 bits per heavy atom. The molecule has 1 saturated heterocycles. The van der Waals surface area contributed by atoms with E-state index in [1.807, 2.05) is 0 Å². The minimum Gasteiger partial charge on any atom is -0.451 e. The van der Waals surface area contributed by atoms with E-state index in [4.69, 9.17) is 39.2 Å². The van der Waals surface area contributed by atoms with Crippen LogP contribution in [0.3, 0.4) is 0 Å². The van der Waals surface area contributed by atoms with E-state index in [2.05, 4.69) is 0 Å². The summed E-state index contributed by atoms with van der Waals surface area (Å²) in [5.74, 6) is -6.57.